The van der Waals surface area contributed by atoms with Crippen molar-refractivity contribution in [3.05, 3.63) is 10.4 Å². The Morgan fingerprint density at radius 1 is 1.26 bits per heavy atom. The number of carbonyl (C=O) groups is 1. The van der Waals surface area contributed by atoms with Crippen LogP contribution in [0.5, 0.6) is 0 Å². The molecule has 104 valence electrons. The second-order valence-corrected chi connectivity index (χ2v) is 4.80. The van der Waals surface area contributed by atoms with Gasteiger partial charge in [-0.2, -0.15) is 4.98 Å². The Kier molecular flexibility index (Phi) is 4.79. The summed E-state index contributed by atoms with van der Waals surface area (Å²) in [4.78, 5) is 20.4. The Bertz CT molecular complexity index is 472. The predicted octanol–water partition coefficient (Wildman–Crippen LogP) is 1.97. The summed E-state index contributed by atoms with van der Waals surface area (Å²) in [5.41, 5.74) is 0.465. The van der Waals surface area contributed by atoms with Gasteiger partial charge in [-0.15, -0.1) is 0 Å². The van der Waals surface area contributed by atoms with Gasteiger partial charge in [-0.05, 0) is 24.4 Å². The number of ether oxygens (including phenoxy) is 1. The van der Waals surface area contributed by atoms with Crippen LogP contribution >= 0.6 is 23.2 Å². The first kappa shape index (κ1) is 14.3. The van der Waals surface area contributed by atoms with E-state index in [4.69, 9.17) is 27.9 Å². The summed E-state index contributed by atoms with van der Waals surface area (Å²) in [6.07, 6.45) is 2.56. The van der Waals surface area contributed by atoms with Crippen LogP contribution in [0.1, 0.15) is 12.8 Å². The molecule has 0 atom stereocenters. The molecule has 6 nitrogen and oxygen atoms in total. The minimum absolute atomic E-state index is 0.0593. The summed E-state index contributed by atoms with van der Waals surface area (Å²) < 4.78 is 4.94. The molecule has 0 bridgehead atoms. The van der Waals surface area contributed by atoms with Crippen LogP contribution in [-0.4, -0.2) is 42.7 Å². The Balaban J connectivity index is 0.000000224. The van der Waals surface area contributed by atoms with E-state index in [-0.39, 0.29) is 22.9 Å². The maximum Gasteiger partial charge on any atom is 0.246 e. The fourth-order valence-corrected chi connectivity index (χ4v) is 2.24. The Labute approximate surface area is 121 Å². The zero-order chi connectivity index (χ0) is 13.8. The fourth-order valence-electron chi connectivity index (χ4n) is 1.74. The van der Waals surface area contributed by atoms with Crippen molar-refractivity contribution in [3.8, 4) is 0 Å². The van der Waals surface area contributed by atoms with Crippen LogP contribution in [0.4, 0.5) is 11.5 Å². The molecule has 3 heterocycles. The molecule has 1 N–H and O–H groups in total. The molecule has 1 fully saturated rings. The van der Waals surface area contributed by atoms with E-state index in [9.17, 15) is 4.79 Å². The second-order valence-electron chi connectivity index (χ2n) is 4.11. The van der Waals surface area contributed by atoms with E-state index in [1.807, 2.05) is 0 Å². The molecule has 0 spiro atoms. The standard InChI is InChI=1S/C7H6Cl2N4O.C4H8O/c1-13-3(14)2-10-6-4(13)5(8)11-7(9)12-6;1-2-4-5-3-1/h2H2,1H3,(H,10,11,12);1-4H2. The number of fused-ring (bicyclic) bond motifs is 1. The van der Waals surface area contributed by atoms with Gasteiger partial charge in [-0.1, -0.05) is 11.6 Å². The summed E-state index contributed by atoms with van der Waals surface area (Å²) in [5, 5.41) is 3.04. The van der Waals surface area contributed by atoms with Gasteiger partial charge < -0.3 is 15.0 Å². The lowest BCUT2D eigenvalue weighted by molar-refractivity contribution is -0.116. The van der Waals surface area contributed by atoms with Gasteiger partial charge in [0.15, 0.2) is 11.0 Å². The van der Waals surface area contributed by atoms with E-state index in [0.717, 1.165) is 13.2 Å². The van der Waals surface area contributed by atoms with Gasteiger partial charge >= 0.3 is 0 Å². The van der Waals surface area contributed by atoms with Crippen LogP contribution in [0.3, 0.4) is 0 Å². The van der Waals surface area contributed by atoms with E-state index < -0.39 is 0 Å². The van der Waals surface area contributed by atoms with Crippen LogP contribution in [0, 0.1) is 0 Å². The van der Waals surface area contributed by atoms with E-state index in [1.165, 1.54) is 17.7 Å². The van der Waals surface area contributed by atoms with Crippen molar-refractivity contribution in [2.24, 2.45) is 0 Å². The van der Waals surface area contributed by atoms with Gasteiger partial charge in [0.2, 0.25) is 11.2 Å². The van der Waals surface area contributed by atoms with Gasteiger partial charge in [-0.3, -0.25) is 4.79 Å². The molecular formula is C11H14Cl2N4O2. The van der Waals surface area contributed by atoms with Crippen LogP contribution in [0.25, 0.3) is 0 Å². The minimum atomic E-state index is -0.0923. The van der Waals surface area contributed by atoms with Crippen molar-refractivity contribution in [1.29, 1.82) is 0 Å². The van der Waals surface area contributed by atoms with Crippen LogP contribution in [0.2, 0.25) is 10.4 Å². The molecule has 2 aliphatic rings. The third-order valence-corrected chi connectivity index (χ3v) is 3.19. The number of nitrogens with zero attached hydrogens (tertiary/aromatic N) is 3. The SMILES string of the molecule is C1CCOC1.CN1C(=O)CNc2nc(Cl)nc(Cl)c21. The highest BCUT2D eigenvalue weighted by atomic mass is 35.5. The zero-order valence-corrected chi connectivity index (χ0v) is 12.0. The second kappa shape index (κ2) is 6.36. The molecule has 1 aromatic heterocycles. The molecule has 1 saturated heterocycles. The summed E-state index contributed by atoms with van der Waals surface area (Å²) in [6.45, 7) is 2.19. The average molecular weight is 305 g/mol. The van der Waals surface area contributed by atoms with Crippen LogP contribution in [-0.2, 0) is 9.53 Å². The minimum Gasteiger partial charge on any atom is -0.381 e. The molecule has 1 amide bonds. The number of likely N-dealkylation sites (N-methyl/N-ethyl adjacent to an activating group) is 1. The van der Waals surface area contributed by atoms with Crippen molar-refractivity contribution in [1.82, 2.24) is 9.97 Å². The van der Waals surface area contributed by atoms with E-state index >= 15 is 0 Å². The first-order valence-electron chi connectivity index (χ1n) is 5.91. The maximum atomic E-state index is 11.3. The Morgan fingerprint density at radius 3 is 2.53 bits per heavy atom. The summed E-state index contributed by atoms with van der Waals surface area (Å²) >= 11 is 11.5. The highest BCUT2D eigenvalue weighted by Crippen LogP contribution is 2.33. The molecule has 0 saturated carbocycles. The number of halogens is 2. The smallest absolute Gasteiger partial charge is 0.246 e. The molecule has 1 aromatic rings. The van der Waals surface area contributed by atoms with E-state index in [2.05, 4.69) is 15.3 Å². The van der Waals surface area contributed by atoms with Gasteiger partial charge in [0.25, 0.3) is 0 Å². The molecule has 2 aliphatic heterocycles. The van der Waals surface area contributed by atoms with Crippen LogP contribution in [0.15, 0.2) is 0 Å². The van der Waals surface area contributed by atoms with Crippen molar-refractivity contribution in [2.75, 3.05) is 37.0 Å². The molecule has 0 unspecified atom stereocenters. The topological polar surface area (TPSA) is 67.3 Å². The lowest BCUT2D eigenvalue weighted by atomic mass is 10.3. The van der Waals surface area contributed by atoms with Gasteiger partial charge in [0, 0.05) is 20.3 Å². The van der Waals surface area contributed by atoms with Gasteiger partial charge in [-0.25, -0.2) is 4.98 Å². The van der Waals surface area contributed by atoms with Gasteiger partial charge in [0.1, 0.15) is 5.69 Å². The summed E-state index contributed by atoms with van der Waals surface area (Å²) in [5.74, 6) is 0.391. The normalized spacial score (nSPS) is 17.4. The average Bonchev–Trinajstić information content (AvgIpc) is 2.92. The highest BCUT2D eigenvalue weighted by Gasteiger charge is 2.25. The summed E-state index contributed by atoms with van der Waals surface area (Å²) in [6, 6.07) is 0. The Hall–Kier alpha value is -1.11. The molecule has 19 heavy (non-hydrogen) atoms. The first-order chi connectivity index (χ1) is 9.09. The third-order valence-electron chi connectivity index (χ3n) is 2.76. The lowest BCUT2D eigenvalue weighted by Crippen LogP contribution is -2.37. The number of anilines is 2. The fraction of sp³-hybridized carbons (Fsp3) is 0.545. The number of hydrogen-bond acceptors (Lipinski definition) is 5. The number of nitrogens with one attached hydrogen (secondary N) is 1. The number of carbonyl (C=O) groups excluding carboxylic acids is 1. The lowest BCUT2D eigenvalue weighted by Gasteiger charge is -2.25. The molecule has 8 heteroatoms. The molecule has 0 radical (unpaired) electrons. The largest absolute Gasteiger partial charge is 0.381 e. The number of amides is 1. The number of rotatable bonds is 0. The zero-order valence-electron chi connectivity index (χ0n) is 10.4. The Morgan fingerprint density at radius 2 is 1.95 bits per heavy atom. The highest BCUT2D eigenvalue weighted by molar-refractivity contribution is 6.35. The first-order valence-corrected chi connectivity index (χ1v) is 6.66. The number of hydrogen-bond donors (Lipinski definition) is 1. The van der Waals surface area contributed by atoms with Crippen molar-refractivity contribution in [3.63, 3.8) is 0 Å². The van der Waals surface area contributed by atoms with E-state index in [0.29, 0.717) is 11.5 Å². The molecule has 0 aliphatic carbocycles. The van der Waals surface area contributed by atoms with Crippen molar-refractivity contribution >= 4 is 40.6 Å². The molecule has 0 aromatic carbocycles. The van der Waals surface area contributed by atoms with Crippen molar-refractivity contribution < 1.29 is 9.53 Å². The van der Waals surface area contributed by atoms with Gasteiger partial charge in [0.05, 0.1) is 6.54 Å². The monoisotopic (exact) mass is 304 g/mol. The maximum absolute atomic E-state index is 11.3. The molecular weight excluding hydrogens is 291 g/mol. The quantitative estimate of drug-likeness (QED) is 0.586. The summed E-state index contributed by atoms with van der Waals surface area (Å²) in [7, 11) is 1.62. The van der Waals surface area contributed by atoms with Crippen LogP contribution < -0.4 is 10.2 Å². The predicted molar refractivity (Wildman–Crippen MR) is 74.0 cm³/mol. The molecule has 3 rings (SSSR count). The van der Waals surface area contributed by atoms with Crippen molar-refractivity contribution in [2.45, 2.75) is 12.8 Å². The number of aromatic nitrogens is 2. The van der Waals surface area contributed by atoms with E-state index in [1.54, 1.807) is 7.05 Å². The third kappa shape index (κ3) is 3.46.